The van der Waals surface area contributed by atoms with Gasteiger partial charge in [-0.1, -0.05) is 36.7 Å². The molecule has 0 heterocycles. The highest BCUT2D eigenvalue weighted by atomic mass is 16.6. The van der Waals surface area contributed by atoms with Crippen molar-refractivity contribution in [1.82, 2.24) is 0 Å². The largest absolute Gasteiger partial charge is 0.399 e. The van der Waals surface area contributed by atoms with Crippen molar-refractivity contribution in [2.24, 2.45) is 44.8 Å². The lowest BCUT2D eigenvalue weighted by Crippen LogP contribution is -2.57. The second-order valence-electron chi connectivity index (χ2n) is 10.5. The number of aliphatic hydroxyl groups is 1. The number of nitrogens with zero attached hydrogens (tertiary/aromatic N) is 2. The Labute approximate surface area is 175 Å². The molecule has 7 atom stereocenters. The summed E-state index contributed by atoms with van der Waals surface area (Å²) >= 11 is 0. The first-order valence-electron chi connectivity index (χ1n) is 11.3. The SMILES string of the molecule is CO/N=C1\C=C2[C@@H](C)C[C@@H]3[C@H](CC[C@@]4(C)[C@H]3CC[C@]4(O)/C(C)=N\OC)[C@@]2(C)CC1. The fourth-order valence-corrected chi connectivity index (χ4v) is 8.01. The van der Waals surface area contributed by atoms with Crippen molar-refractivity contribution in [3.8, 4) is 0 Å². The molecule has 3 fully saturated rings. The van der Waals surface area contributed by atoms with E-state index in [1.54, 1.807) is 19.8 Å². The minimum Gasteiger partial charge on any atom is -0.399 e. The average Bonchev–Trinajstić information content (AvgIpc) is 2.96. The molecular weight excluding hydrogens is 364 g/mol. The van der Waals surface area contributed by atoms with Gasteiger partial charge < -0.3 is 14.8 Å². The summed E-state index contributed by atoms with van der Waals surface area (Å²) in [4.78, 5) is 10.1. The third-order valence-electron chi connectivity index (χ3n) is 9.48. The molecule has 0 aromatic carbocycles. The molecule has 4 rings (SSSR count). The summed E-state index contributed by atoms with van der Waals surface area (Å²) in [7, 11) is 3.21. The molecule has 0 spiro atoms. The highest BCUT2D eigenvalue weighted by Gasteiger charge is 2.65. The monoisotopic (exact) mass is 402 g/mol. The van der Waals surface area contributed by atoms with Crippen LogP contribution in [0, 0.1) is 34.5 Å². The van der Waals surface area contributed by atoms with Crippen LogP contribution < -0.4 is 0 Å². The van der Waals surface area contributed by atoms with Crippen molar-refractivity contribution < 1.29 is 14.8 Å². The Morgan fingerprint density at radius 1 is 1.10 bits per heavy atom. The Kier molecular flexibility index (Phi) is 5.12. The van der Waals surface area contributed by atoms with E-state index in [0.717, 1.165) is 43.5 Å². The molecule has 0 aromatic rings. The van der Waals surface area contributed by atoms with Crippen LogP contribution in [-0.4, -0.2) is 36.4 Å². The second kappa shape index (κ2) is 7.11. The Morgan fingerprint density at radius 2 is 1.83 bits per heavy atom. The van der Waals surface area contributed by atoms with Crippen LogP contribution in [0.15, 0.2) is 22.0 Å². The van der Waals surface area contributed by atoms with Crippen LogP contribution in [0.3, 0.4) is 0 Å². The summed E-state index contributed by atoms with van der Waals surface area (Å²) in [6.45, 7) is 9.14. The van der Waals surface area contributed by atoms with Crippen LogP contribution in [0.25, 0.3) is 0 Å². The van der Waals surface area contributed by atoms with Gasteiger partial charge in [0.2, 0.25) is 0 Å². The van der Waals surface area contributed by atoms with Gasteiger partial charge in [-0.25, -0.2) is 0 Å². The molecule has 4 aliphatic carbocycles. The topological polar surface area (TPSA) is 63.4 Å². The summed E-state index contributed by atoms with van der Waals surface area (Å²) in [6, 6.07) is 0. The number of rotatable bonds is 3. The zero-order chi connectivity index (χ0) is 21.0. The molecule has 0 aromatic heterocycles. The molecule has 0 radical (unpaired) electrons. The third kappa shape index (κ3) is 2.83. The van der Waals surface area contributed by atoms with E-state index in [1.807, 2.05) is 6.92 Å². The number of hydrogen-bond acceptors (Lipinski definition) is 5. The van der Waals surface area contributed by atoms with Gasteiger partial charge in [0.15, 0.2) is 0 Å². The van der Waals surface area contributed by atoms with Gasteiger partial charge in [-0.3, -0.25) is 0 Å². The zero-order valence-electron chi connectivity index (χ0n) is 19.0. The van der Waals surface area contributed by atoms with Crippen molar-refractivity contribution in [2.45, 2.75) is 78.2 Å². The van der Waals surface area contributed by atoms with Crippen LogP contribution in [0.2, 0.25) is 0 Å². The standard InChI is InChI=1S/C24H38N2O3/c1-15-13-18-19(22(3)10-7-17(26-29-6)14-21(15)22)8-11-23(4)20(18)9-12-24(23,27)16(2)25-28-5/h14-15,18-20,27H,7-13H2,1-6H3/b25-16-,26-17-/t15-,18+,19-,20-,22+,23-,24-/m0/s1. The van der Waals surface area contributed by atoms with Gasteiger partial charge in [0.1, 0.15) is 19.8 Å². The maximum Gasteiger partial charge on any atom is 0.111 e. The summed E-state index contributed by atoms with van der Waals surface area (Å²) in [5.74, 6) is 2.45. The first-order chi connectivity index (χ1) is 13.7. The minimum absolute atomic E-state index is 0.116. The fourth-order valence-electron chi connectivity index (χ4n) is 8.01. The Bertz CT molecular complexity index is 759. The molecule has 0 saturated heterocycles. The Balaban J connectivity index is 1.69. The predicted molar refractivity (Wildman–Crippen MR) is 116 cm³/mol. The minimum atomic E-state index is -0.843. The van der Waals surface area contributed by atoms with Gasteiger partial charge >= 0.3 is 0 Å². The number of fused-ring (bicyclic) bond motifs is 5. The van der Waals surface area contributed by atoms with Crippen LogP contribution in [0.4, 0.5) is 0 Å². The third-order valence-corrected chi connectivity index (χ3v) is 9.48. The highest BCUT2D eigenvalue weighted by Crippen LogP contribution is 2.68. The molecular formula is C24H38N2O3. The molecule has 0 aliphatic heterocycles. The van der Waals surface area contributed by atoms with E-state index in [0.29, 0.717) is 23.7 Å². The lowest BCUT2D eigenvalue weighted by molar-refractivity contribution is -0.101. The van der Waals surface area contributed by atoms with Crippen molar-refractivity contribution in [3.63, 3.8) is 0 Å². The molecule has 162 valence electrons. The van der Waals surface area contributed by atoms with Gasteiger partial charge in [0, 0.05) is 5.41 Å². The van der Waals surface area contributed by atoms with E-state index in [1.165, 1.54) is 12.8 Å². The van der Waals surface area contributed by atoms with Gasteiger partial charge in [-0.2, -0.15) is 0 Å². The number of hydrogen-bond donors (Lipinski definition) is 1. The molecule has 0 bridgehead atoms. The summed E-state index contributed by atoms with van der Waals surface area (Å²) in [5, 5.41) is 20.2. The van der Waals surface area contributed by atoms with E-state index < -0.39 is 5.60 Å². The smallest absolute Gasteiger partial charge is 0.111 e. The first-order valence-corrected chi connectivity index (χ1v) is 11.3. The molecule has 4 aliphatic rings. The normalized spacial score (nSPS) is 48.4. The van der Waals surface area contributed by atoms with E-state index in [2.05, 4.69) is 37.2 Å². The first kappa shape index (κ1) is 20.9. The van der Waals surface area contributed by atoms with E-state index in [9.17, 15) is 5.11 Å². The van der Waals surface area contributed by atoms with Crippen LogP contribution in [0.1, 0.15) is 72.6 Å². The van der Waals surface area contributed by atoms with Gasteiger partial charge in [-0.05, 0) is 87.0 Å². The zero-order valence-corrected chi connectivity index (χ0v) is 19.0. The molecule has 29 heavy (non-hydrogen) atoms. The molecule has 3 saturated carbocycles. The van der Waals surface area contributed by atoms with Crippen molar-refractivity contribution in [2.75, 3.05) is 14.2 Å². The van der Waals surface area contributed by atoms with Gasteiger partial charge in [0.05, 0.1) is 11.4 Å². The molecule has 5 nitrogen and oxygen atoms in total. The lowest BCUT2D eigenvalue weighted by Gasteiger charge is -2.60. The number of oxime groups is 2. The Hall–Kier alpha value is -1.36. The quantitative estimate of drug-likeness (QED) is 0.536. The Morgan fingerprint density at radius 3 is 2.52 bits per heavy atom. The maximum atomic E-state index is 11.7. The molecule has 0 unspecified atom stereocenters. The average molecular weight is 403 g/mol. The molecule has 0 amide bonds. The summed E-state index contributed by atoms with van der Waals surface area (Å²) < 4.78 is 0. The van der Waals surface area contributed by atoms with E-state index in [4.69, 9.17) is 9.68 Å². The molecule has 1 N–H and O–H groups in total. The lowest BCUT2D eigenvalue weighted by atomic mass is 9.44. The van der Waals surface area contributed by atoms with Crippen LogP contribution >= 0.6 is 0 Å². The van der Waals surface area contributed by atoms with Gasteiger partial charge in [-0.15, -0.1) is 0 Å². The highest BCUT2D eigenvalue weighted by molar-refractivity contribution is 5.96. The maximum absolute atomic E-state index is 11.7. The van der Waals surface area contributed by atoms with Gasteiger partial charge in [0.25, 0.3) is 0 Å². The fraction of sp³-hybridized carbons (Fsp3) is 0.833. The van der Waals surface area contributed by atoms with Crippen LogP contribution in [0.5, 0.6) is 0 Å². The second-order valence-corrected chi connectivity index (χ2v) is 10.5. The van der Waals surface area contributed by atoms with Crippen molar-refractivity contribution >= 4 is 11.4 Å². The van der Waals surface area contributed by atoms with Crippen molar-refractivity contribution in [3.05, 3.63) is 11.6 Å². The summed E-state index contributed by atoms with van der Waals surface area (Å²) in [6.07, 6.45) is 9.82. The van der Waals surface area contributed by atoms with E-state index in [-0.39, 0.29) is 10.8 Å². The predicted octanol–water partition coefficient (Wildman–Crippen LogP) is 4.95. The van der Waals surface area contributed by atoms with E-state index >= 15 is 0 Å². The number of allylic oxidation sites excluding steroid dienone is 2. The van der Waals surface area contributed by atoms with Crippen molar-refractivity contribution in [1.29, 1.82) is 0 Å². The molecule has 5 heteroatoms. The summed E-state index contributed by atoms with van der Waals surface area (Å²) in [5.41, 5.74) is 2.70. The van der Waals surface area contributed by atoms with Crippen LogP contribution in [-0.2, 0) is 9.68 Å².